The molecule has 0 amide bonds. The number of amidine groups is 1. The summed E-state index contributed by atoms with van der Waals surface area (Å²) in [6, 6.07) is 13.5. The van der Waals surface area contributed by atoms with E-state index < -0.39 is 0 Å². The molecule has 0 bridgehead atoms. The van der Waals surface area contributed by atoms with E-state index in [2.05, 4.69) is 21.2 Å². The molecule has 0 aliphatic rings. The number of nitrogens with zero attached hydrogens (tertiary/aromatic N) is 2. The third kappa shape index (κ3) is 2.58. The van der Waals surface area contributed by atoms with E-state index in [0.717, 1.165) is 22.7 Å². The van der Waals surface area contributed by atoms with Crippen LogP contribution in [0.1, 0.15) is 11.3 Å². The summed E-state index contributed by atoms with van der Waals surface area (Å²) in [7, 11) is 2.03. The minimum atomic E-state index is 0.312. The number of hydrogen-bond donors (Lipinski definition) is 2. The summed E-state index contributed by atoms with van der Waals surface area (Å²) < 4.78 is 10.00. The Balaban J connectivity index is 1.77. The predicted molar refractivity (Wildman–Crippen MR) is 79.6 cm³/mol. The van der Waals surface area contributed by atoms with Crippen LogP contribution in [0.3, 0.4) is 0 Å². The Morgan fingerprint density at radius 3 is 2.67 bits per heavy atom. The van der Waals surface area contributed by atoms with Crippen molar-refractivity contribution in [1.82, 2.24) is 4.57 Å². The van der Waals surface area contributed by atoms with E-state index in [1.807, 2.05) is 49.6 Å². The van der Waals surface area contributed by atoms with Gasteiger partial charge in [-0.05, 0) is 30.3 Å². The summed E-state index contributed by atoms with van der Waals surface area (Å²) >= 11 is 0. The average molecular weight is 282 g/mol. The zero-order chi connectivity index (χ0) is 14.8. The number of ether oxygens (including phenoxy) is 1. The summed E-state index contributed by atoms with van der Waals surface area (Å²) in [6.45, 7) is 0.499. The lowest BCUT2D eigenvalue weighted by Gasteiger charge is -2.04. The molecule has 3 rings (SSSR count). The molecule has 21 heavy (non-hydrogen) atoms. The molecule has 2 aromatic heterocycles. The fourth-order valence-electron chi connectivity index (χ4n) is 2.27. The molecule has 0 spiro atoms. The van der Waals surface area contributed by atoms with Crippen LogP contribution in [-0.2, 0) is 13.7 Å². The van der Waals surface area contributed by atoms with Crippen LogP contribution in [0.25, 0.3) is 5.65 Å². The first-order valence-electron chi connectivity index (χ1n) is 6.71. The molecule has 0 atom stereocenters. The molecular formula is C16H18N4O+2. The highest BCUT2D eigenvalue weighted by Gasteiger charge is 2.13. The Morgan fingerprint density at radius 2 is 2.00 bits per heavy atom. The van der Waals surface area contributed by atoms with E-state index in [0.29, 0.717) is 12.4 Å². The van der Waals surface area contributed by atoms with Crippen molar-refractivity contribution in [2.45, 2.75) is 6.61 Å². The monoisotopic (exact) mass is 282 g/mol. The van der Waals surface area contributed by atoms with Crippen LogP contribution < -0.4 is 20.3 Å². The second kappa shape index (κ2) is 5.28. The predicted octanol–water partition coefficient (Wildman–Crippen LogP) is -0.193. The van der Waals surface area contributed by atoms with E-state index >= 15 is 0 Å². The van der Waals surface area contributed by atoms with Gasteiger partial charge in [0.2, 0.25) is 0 Å². The minimum Gasteiger partial charge on any atom is -0.485 e. The third-order valence-corrected chi connectivity index (χ3v) is 3.50. The van der Waals surface area contributed by atoms with Crippen LogP contribution in [0.2, 0.25) is 0 Å². The molecule has 0 aliphatic heterocycles. The fourth-order valence-corrected chi connectivity index (χ4v) is 2.27. The van der Waals surface area contributed by atoms with Crippen molar-refractivity contribution in [3.63, 3.8) is 0 Å². The molecular weight excluding hydrogens is 264 g/mol. The van der Waals surface area contributed by atoms with Gasteiger partial charge in [-0.3, -0.25) is 11.1 Å². The fraction of sp³-hybridized carbons (Fsp3) is 0.125. The number of aromatic nitrogens is 2. The number of aryl methyl sites for hydroxylation is 1. The van der Waals surface area contributed by atoms with Gasteiger partial charge in [-0.2, -0.15) is 0 Å². The zero-order valence-electron chi connectivity index (χ0n) is 11.9. The smallest absolute Gasteiger partial charge is 0.286 e. The van der Waals surface area contributed by atoms with Crippen LogP contribution in [0, 0.1) is 0 Å². The van der Waals surface area contributed by atoms with Gasteiger partial charge in [-0.25, -0.2) is 8.97 Å². The van der Waals surface area contributed by atoms with E-state index in [9.17, 15) is 0 Å². The summed E-state index contributed by atoms with van der Waals surface area (Å²) in [5.74, 6) is 1.10. The quantitative estimate of drug-likeness (QED) is 0.395. The minimum absolute atomic E-state index is 0.312. The number of benzene rings is 1. The highest BCUT2D eigenvalue weighted by Crippen LogP contribution is 2.14. The summed E-state index contributed by atoms with van der Waals surface area (Å²) in [5, 5.41) is 5.54. The molecule has 106 valence electrons. The molecule has 0 radical (unpaired) electrons. The maximum atomic E-state index is 5.81. The number of fused-ring (bicyclic) bond motifs is 1. The van der Waals surface area contributed by atoms with E-state index in [-0.39, 0.29) is 0 Å². The van der Waals surface area contributed by atoms with Crippen molar-refractivity contribution in [2.75, 3.05) is 0 Å². The Kier molecular flexibility index (Phi) is 3.31. The van der Waals surface area contributed by atoms with Crippen LogP contribution in [0.5, 0.6) is 5.75 Å². The van der Waals surface area contributed by atoms with Crippen molar-refractivity contribution >= 4 is 11.5 Å². The summed E-state index contributed by atoms with van der Waals surface area (Å²) in [5.41, 5.74) is 8.56. The number of hydrogen-bond acceptors (Lipinski definition) is 1. The molecule has 0 fully saturated rings. The van der Waals surface area contributed by atoms with Crippen LogP contribution in [0.15, 0.2) is 54.9 Å². The van der Waals surface area contributed by atoms with Gasteiger partial charge in [0.05, 0.1) is 18.8 Å². The van der Waals surface area contributed by atoms with Gasteiger partial charge in [0.1, 0.15) is 11.9 Å². The van der Waals surface area contributed by atoms with Gasteiger partial charge in [-0.15, -0.1) is 0 Å². The molecule has 0 aliphatic carbocycles. The van der Waals surface area contributed by atoms with Crippen LogP contribution in [0.4, 0.5) is 0 Å². The number of rotatable bonds is 4. The first-order chi connectivity index (χ1) is 10.1. The lowest BCUT2D eigenvalue weighted by molar-refractivity contribution is -0.511. The standard InChI is InChI=1S/C16H17N4O/c1-19-13(10-20-9-3-2-4-15(19)20)11-21-14-7-5-12(6-8-14)16(17)18/h2-10H,11H2,1H3,(H3,17,18)/q+1/p+1. The third-order valence-electron chi connectivity index (χ3n) is 3.50. The number of nitrogens with two attached hydrogens (primary N) is 2. The van der Waals surface area contributed by atoms with Crippen molar-refractivity contribution in [2.24, 2.45) is 12.8 Å². The first kappa shape index (κ1) is 13.2. The van der Waals surface area contributed by atoms with Gasteiger partial charge in [0, 0.05) is 6.07 Å². The van der Waals surface area contributed by atoms with Crippen LogP contribution in [-0.4, -0.2) is 10.4 Å². The molecule has 4 N–H and O–H groups in total. The molecule has 5 heteroatoms. The lowest BCUT2D eigenvalue weighted by Crippen LogP contribution is -2.46. The molecule has 5 nitrogen and oxygen atoms in total. The Bertz CT molecular complexity index is 790. The molecule has 0 saturated carbocycles. The largest absolute Gasteiger partial charge is 0.485 e. The summed E-state index contributed by atoms with van der Waals surface area (Å²) in [4.78, 5) is 0. The lowest BCUT2D eigenvalue weighted by atomic mass is 10.2. The second-order valence-electron chi connectivity index (χ2n) is 4.91. The first-order valence-corrected chi connectivity index (χ1v) is 6.71. The second-order valence-corrected chi connectivity index (χ2v) is 4.91. The topological polar surface area (TPSA) is 69.9 Å². The van der Waals surface area contributed by atoms with Gasteiger partial charge in [0.15, 0.2) is 12.3 Å². The van der Waals surface area contributed by atoms with Gasteiger partial charge >= 0.3 is 0 Å². The average Bonchev–Trinajstić information content (AvgIpc) is 2.82. The molecule has 0 unspecified atom stereocenters. The van der Waals surface area contributed by atoms with Crippen molar-refractivity contribution < 1.29 is 14.5 Å². The Hall–Kier alpha value is -2.82. The van der Waals surface area contributed by atoms with Gasteiger partial charge < -0.3 is 4.74 Å². The van der Waals surface area contributed by atoms with E-state index in [1.54, 1.807) is 0 Å². The van der Waals surface area contributed by atoms with Gasteiger partial charge in [-0.1, -0.05) is 6.07 Å². The Morgan fingerprint density at radius 1 is 1.24 bits per heavy atom. The molecule has 3 aromatic rings. The summed E-state index contributed by atoms with van der Waals surface area (Å²) in [6.07, 6.45) is 4.09. The zero-order valence-corrected chi connectivity index (χ0v) is 11.9. The highest BCUT2D eigenvalue weighted by atomic mass is 16.5. The number of pyridine rings is 1. The van der Waals surface area contributed by atoms with Crippen molar-refractivity contribution in [3.8, 4) is 5.75 Å². The van der Waals surface area contributed by atoms with E-state index in [4.69, 9.17) is 15.9 Å². The van der Waals surface area contributed by atoms with E-state index in [1.165, 1.54) is 0 Å². The molecule has 2 heterocycles. The Labute approximate surface area is 122 Å². The molecule has 1 aromatic carbocycles. The number of imidazole rings is 1. The van der Waals surface area contributed by atoms with Crippen molar-refractivity contribution in [3.05, 3.63) is 66.1 Å². The highest BCUT2D eigenvalue weighted by molar-refractivity contribution is 5.92. The maximum Gasteiger partial charge on any atom is 0.286 e. The SMILES string of the molecule is Cn1c(COc2ccc(C(N)=[NH2+])cc2)c[n+]2ccccc12. The van der Waals surface area contributed by atoms with Crippen LogP contribution >= 0.6 is 0 Å². The maximum absolute atomic E-state index is 5.81. The molecule has 0 saturated heterocycles. The van der Waals surface area contributed by atoms with Crippen molar-refractivity contribution in [1.29, 1.82) is 0 Å². The normalized spacial score (nSPS) is 10.7. The van der Waals surface area contributed by atoms with Gasteiger partial charge in [0.25, 0.3) is 11.5 Å².